The van der Waals surface area contributed by atoms with Crippen LogP contribution < -0.4 is 5.32 Å². The van der Waals surface area contributed by atoms with Crippen molar-refractivity contribution in [3.05, 3.63) is 17.5 Å². The summed E-state index contributed by atoms with van der Waals surface area (Å²) in [6, 6.07) is 0.227. The van der Waals surface area contributed by atoms with Crippen LogP contribution in [0.4, 0.5) is 5.69 Å². The highest BCUT2D eigenvalue weighted by Crippen LogP contribution is 2.35. The van der Waals surface area contributed by atoms with Crippen LogP contribution >= 0.6 is 0 Å². The van der Waals surface area contributed by atoms with E-state index in [9.17, 15) is 9.90 Å². The summed E-state index contributed by atoms with van der Waals surface area (Å²) < 4.78 is 6.94. The van der Waals surface area contributed by atoms with Crippen LogP contribution in [0.2, 0.25) is 0 Å². The van der Waals surface area contributed by atoms with Gasteiger partial charge in [0.1, 0.15) is 5.56 Å². The minimum atomic E-state index is -0.376. The predicted octanol–water partition coefficient (Wildman–Crippen LogP) is 2.42. The zero-order valence-corrected chi connectivity index (χ0v) is 15.1. The van der Waals surface area contributed by atoms with Crippen LogP contribution in [-0.2, 0) is 11.8 Å². The largest absolute Gasteiger partial charge is 0.462 e. The topological polar surface area (TPSA) is 89.3 Å². The number of esters is 1. The number of aromatic nitrogens is 3. The van der Waals surface area contributed by atoms with Crippen LogP contribution in [0.3, 0.4) is 0 Å². The van der Waals surface area contributed by atoms with E-state index in [0.29, 0.717) is 18.1 Å². The molecule has 1 aliphatic rings. The molecule has 2 aromatic rings. The Labute approximate surface area is 147 Å². The number of carbonyl (C=O) groups is 1. The summed E-state index contributed by atoms with van der Waals surface area (Å²) in [7, 11) is 1.85. The van der Waals surface area contributed by atoms with Crippen molar-refractivity contribution >= 4 is 22.7 Å². The summed E-state index contributed by atoms with van der Waals surface area (Å²) in [4.78, 5) is 16.9. The molecule has 0 saturated heterocycles. The molecule has 136 valence electrons. The van der Waals surface area contributed by atoms with E-state index in [1.807, 2.05) is 14.0 Å². The predicted molar refractivity (Wildman–Crippen MR) is 95.7 cm³/mol. The van der Waals surface area contributed by atoms with E-state index in [0.717, 1.165) is 48.1 Å². The number of carbonyl (C=O) groups excluding carboxylic acids is 1. The molecule has 1 aliphatic carbocycles. The second-order valence-corrected chi connectivity index (χ2v) is 6.63. The van der Waals surface area contributed by atoms with Crippen LogP contribution in [0, 0.1) is 12.8 Å². The molecule has 3 rings (SSSR count). The molecule has 7 heteroatoms. The Bertz CT molecular complexity index is 771. The molecular weight excluding hydrogens is 320 g/mol. The summed E-state index contributed by atoms with van der Waals surface area (Å²) in [6.45, 7) is 4.22. The summed E-state index contributed by atoms with van der Waals surface area (Å²) in [5.74, 6) is 0.0274. The third-order valence-electron chi connectivity index (χ3n) is 5.01. The van der Waals surface area contributed by atoms with Gasteiger partial charge in [-0.3, -0.25) is 4.68 Å². The normalized spacial score (nSPS) is 20.2. The number of aliphatic hydroxyl groups is 1. The lowest BCUT2D eigenvalue weighted by atomic mass is 9.99. The van der Waals surface area contributed by atoms with Crippen LogP contribution in [0.15, 0.2) is 6.20 Å². The van der Waals surface area contributed by atoms with Gasteiger partial charge in [-0.25, -0.2) is 9.78 Å². The van der Waals surface area contributed by atoms with Gasteiger partial charge in [-0.15, -0.1) is 0 Å². The molecule has 0 bridgehead atoms. The van der Waals surface area contributed by atoms with Gasteiger partial charge in [0.25, 0.3) is 0 Å². The highest BCUT2D eigenvalue weighted by molar-refractivity contribution is 6.05. The molecule has 0 amide bonds. The molecule has 1 saturated carbocycles. The fourth-order valence-electron chi connectivity index (χ4n) is 3.85. The molecule has 0 aliphatic heterocycles. The number of aliphatic hydroxyl groups excluding tert-OH is 1. The molecule has 2 unspecified atom stereocenters. The molecule has 2 aromatic heterocycles. The van der Waals surface area contributed by atoms with Gasteiger partial charge in [-0.05, 0) is 39.0 Å². The fraction of sp³-hybridized carbons (Fsp3) is 0.611. The zero-order valence-electron chi connectivity index (χ0n) is 15.1. The molecule has 0 spiro atoms. The highest BCUT2D eigenvalue weighted by atomic mass is 16.5. The minimum absolute atomic E-state index is 0.186. The molecular formula is C18H26N4O3. The van der Waals surface area contributed by atoms with E-state index in [4.69, 9.17) is 4.74 Å². The Morgan fingerprint density at radius 3 is 3.00 bits per heavy atom. The quantitative estimate of drug-likeness (QED) is 0.781. The van der Waals surface area contributed by atoms with Gasteiger partial charge in [0.05, 0.1) is 23.4 Å². The average Bonchev–Trinajstić information content (AvgIpc) is 3.13. The van der Waals surface area contributed by atoms with E-state index < -0.39 is 0 Å². The Kier molecular flexibility index (Phi) is 5.22. The Balaban J connectivity index is 2.06. The Hall–Kier alpha value is -2.15. The average molecular weight is 346 g/mol. The maximum Gasteiger partial charge on any atom is 0.341 e. The van der Waals surface area contributed by atoms with Crippen LogP contribution in [0.25, 0.3) is 11.0 Å². The van der Waals surface area contributed by atoms with Crippen molar-refractivity contribution in [3.63, 3.8) is 0 Å². The van der Waals surface area contributed by atoms with Crippen molar-refractivity contribution < 1.29 is 14.6 Å². The second kappa shape index (κ2) is 7.39. The van der Waals surface area contributed by atoms with Gasteiger partial charge in [0, 0.05) is 25.9 Å². The van der Waals surface area contributed by atoms with Crippen LogP contribution in [0.5, 0.6) is 0 Å². The maximum absolute atomic E-state index is 12.4. The van der Waals surface area contributed by atoms with E-state index >= 15 is 0 Å². The summed E-state index contributed by atoms with van der Waals surface area (Å²) in [5.41, 5.74) is 2.77. The van der Waals surface area contributed by atoms with Gasteiger partial charge in [0.15, 0.2) is 5.65 Å². The van der Waals surface area contributed by atoms with E-state index in [-0.39, 0.29) is 18.6 Å². The number of ether oxygens (including phenoxy) is 1. The molecule has 0 radical (unpaired) electrons. The summed E-state index contributed by atoms with van der Waals surface area (Å²) in [5, 5.41) is 18.2. The van der Waals surface area contributed by atoms with Gasteiger partial charge < -0.3 is 15.2 Å². The number of hydrogen-bond donors (Lipinski definition) is 2. The van der Waals surface area contributed by atoms with Crippen molar-refractivity contribution in [2.75, 3.05) is 18.5 Å². The number of nitrogens with one attached hydrogen (secondary N) is 1. The van der Waals surface area contributed by atoms with Gasteiger partial charge in [-0.1, -0.05) is 6.42 Å². The summed E-state index contributed by atoms with van der Waals surface area (Å²) >= 11 is 0. The number of fused-ring (bicyclic) bond motifs is 1. The number of rotatable bonds is 6. The summed E-state index contributed by atoms with van der Waals surface area (Å²) in [6.07, 6.45) is 5.58. The number of anilines is 1. The van der Waals surface area contributed by atoms with Gasteiger partial charge >= 0.3 is 5.97 Å². The first kappa shape index (κ1) is 17.7. The molecule has 2 N–H and O–H groups in total. The van der Waals surface area contributed by atoms with Crippen LogP contribution in [0.1, 0.15) is 48.7 Å². The monoisotopic (exact) mass is 346 g/mol. The first-order valence-corrected chi connectivity index (χ1v) is 8.93. The van der Waals surface area contributed by atoms with Crippen molar-refractivity contribution in [3.8, 4) is 0 Å². The van der Waals surface area contributed by atoms with Crippen molar-refractivity contribution in [1.29, 1.82) is 0 Å². The Morgan fingerprint density at radius 2 is 2.28 bits per heavy atom. The van der Waals surface area contributed by atoms with Gasteiger partial charge in [-0.2, -0.15) is 5.10 Å². The third-order valence-corrected chi connectivity index (χ3v) is 5.01. The lowest BCUT2D eigenvalue weighted by molar-refractivity contribution is 0.0527. The second-order valence-electron chi connectivity index (χ2n) is 6.63. The molecule has 2 atom stereocenters. The number of pyridine rings is 1. The smallest absolute Gasteiger partial charge is 0.341 e. The molecule has 1 fully saturated rings. The molecule has 7 nitrogen and oxygen atoms in total. The van der Waals surface area contributed by atoms with Crippen molar-refractivity contribution in [1.82, 2.24) is 14.8 Å². The lowest BCUT2D eigenvalue weighted by Gasteiger charge is -2.23. The Morgan fingerprint density at radius 1 is 1.48 bits per heavy atom. The first-order valence-electron chi connectivity index (χ1n) is 8.93. The maximum atomic E-state index is 12.4. The SMILES string of the molecule is CCOC(=O)c1cnc2c(c(C)nn2C)c1NC1CCCC1CCO. The van der Waals surface area contributed by atoms with E-state index in [2.05, 4.69) is 15.4 Å². The van der Waals surface area contributed by atoms with Gasteiger partial charge in [0.2, 0.25) is 0 Å². The minimum Gasteiger partial charge on any atom is -0.462 e. The van der Waals surface area contributed by atoms with Crippen molar-refractivity contribution in [2.24, 2.45) is 13.0 Å². The third kappa shape index (κ3) is 3.33. The standard InChI is InChI=1S/C18H26N4O3/c1-4-25-18(24)13-10-19-17-15(11(2)21-22(17)3)16(13)20-14-7-5-6-12(14)8-9-23/h10,12,14,23H,4-9H2,1-3H3,(H,19,20). The number of nitrogens with zero attached hydrogens (tertiary/aromatic N) is 3. The first-order chi connectivity index (χ1) is 12.1. The molecule has 25 heavy (non-hydrogen) atoms. The zero-order chi connectivity index (χ0) is 18.0. The van der Waals surface area contributed by atoms with E-state index in [1.165, 1.54) is 0 Å². The fourth-order valence-corrected chi connectivity index (χ4v) is 3.85. The van der Waals surface area contributed by atoms with Crippen LogP contribution in [-0.4, -0.2) is 45.1 Å². The molecule has 0 aromatic carbocycles. The lowest BCUT2D eigenvalue weighted by Crippen LogP contribution is -2.26. The number of aryl methyl sites for hydroxylation is 2. The highest BCUT2D eigenvalue weighted by Gasteiger charge is 2.29. The number of hydrogen-bond acceptors (Lipinski definition) is 6. The molecule has 2 heterocycles. The van der Waals surface area contributed by atoms with E-state index in [1.54, 1.807) is 17.8 Å². The van der Waals surface area contributed by atoms with Crippen molar-refractivity contribution in [2.45, 2.75) is 45.6 Å².